The maximum absolute atomic E-state index is 13.2. The lowest BCUT2D eigenvalue weighted by atomic mass is 10.2. The fourth-order valence-corrected chi connectivity index (χ4v) is 3.11. The van der Waals surface area contributed by atoms with Gasteiger partial charge in [-0.3, -0.25) is 4.79 Å². The Morgan fingerprint density at radius 1 is 1.36 bits per heavy atom. The minimum Gasteiger partial charge on any atom is -0.469 e. The van der Waals surface area contributed by atoms with Gasteiger partial charge in [0.25, 0.3) is 0 Å². The summed E-state index contributed by atoms with van der Waals surface area (Å²) in [7, 11) is 1.83. The van der Waals surface area contributed by atoms with Gasteiger partial charge in [-0.2, -0.15) is 0 Å². The van der Waals surface area contributed by atoms with Gasteiger partial charge < -0.3 is 14.3 Å². The molecule has 0 unspecified atom stereocenters. The third-order valence-electron chi connectivity index (χ3n) is 3.68. The molecule has 3 rings (SSSR count). The van der Waals surface area contributed by atoms with E-state index in [0.29, 0.717) is 16.7 Å². The summed E-state index contributed by atoms with van der Waals surface area (Å²) in [5.74, 6) is 0.793. The maximum Gasteiger partial charge on any atom is 0.237 e. The van der Waals surface area contributed by atoms with Crippen molar-refractivity contribution in [3.05, 3.63) is 48.2 Å². The summed E-state index contributed by atoms with van der Waals surface area (Å²) in [6, 6.07) is 7.61. The molecule has 2 heterocycles. The first kappa shape index (κ1) is 17.2. The van der Waals surface area contributed by atoms with Crippen molar-refractivity contribution in [3.63, 3.8) is 0 Å². The van der Waals surface area contributed by atoms with Gasteiger partial charge in [-0.05, 0) is 38.1 Å². The number of rotatable bonds is 5. The predicted molar refractivity (Wildman–Crippen MR) is 93.8 cm³/mol. The van der Waals surface area contributed by atoms with Crippen LogP contribution in [0.15, 0.2) is 46.2 Å². The lowest BCUT2D eigenvalue weighted by Gasteiger charge is -2.11. The highest BCUT2D eigenvalue weighted by atomic mass is 32.2. The quantitative estimate of drug-likeness (QED) is 0.703. The Hall–Kier alpha value is -2.61. The second-order valence-corrected chi connectivity index (χ2v) is 6.82. The van der Waals surface area contributed by atoms with Crippen molar-refractivity contribution in [2.24, 2.45) is 7.05 Å². The summed E-state index contributed by atoms with van der Waals surface area (Å²) >= 11 is 1.28. The topological polar surface area (TPSA) is 72.9 Å². The molecule has 0 spiro atoms. The van der Waals surface area contributed by atoms with E-state index in [1.807, 2.05) is 24.6 Å². The lowest BCUT2D eigenvalue weighted by molar-refractivity contribution is -0.115. The highest BCUT2D eigenvalue weighted by molar-refractivity contribution is 8.00. The molecule has 0 radical (unpaired) electrons. The molecule has 0 fully saturated rings. The van der Waals surface area contributed by atoms with Crippen molar-refractivity contribution in [2.45, 2.75) is 24.3 Å². The second-order valence-electron chi connectivity index (χ2n) is 5.52. The van der Waals surface area contributed by atoms with Gasteiger partial charge in [0.2, 0.25) is 5.91 Å². The van der Waals surface area contributed by atoms with Gasteiger partial charge in [-0.1, -0.05) is 17.8 Å². The molecule has 1 atom stereocenters. The predicted octanol–water partition coefficient (Wildman–Crippen LogP) is 3.64. The number of aromatic nitrogens is 3. The number of benzene rings is 1. The summed E-state index contributed by atoms with van der Waals surface area (Å²) < 4.78 is 20.3. The number of amides is 1. The number of carbonyl (C=O) groups excluding carboxylic acids is 1. The van der Waals surface area contributed by atoms with E-state index in [4.69, 9.17) is 4.42 Å². The first-order valence-corrected chi connectivity index (χ1v) is 8.50. The smallest absolute Gasteiger partial charge is 0.237 e. The van der Waals surface area contributed by atoms with Crippen LogP contribution in [0.1, 0.15) is 12.7 Å². The summed E-state index contributed by atoms with van der Waals surface area (Å²) in [6.45, 7) is 3.61. The molecule has 6 nitrogen and oxygen atoms in total. The highest BCUT2D eigenvalue weighted by Gasteiger charge is 2.20. The molecule has 25 heavy (non-hydrogen) atoms. The van der Waals surface area contributed by atoms with E-state index in [2.05, 4.69) is 15.5 Å². The van der Waals surface area contributed by atoms with Crippen molar-refractivity contribution in [1.29, 1.82) is 0 Å². The zero-order valence-electron chi connectivity index (χ0n) is 14.0. The number of thioether (sulfide) groups is 1. The van der Waals surface area contributed by atoms with E-state index in [-0.39, 0.29) is 5.91 Å². The summed E-state index contributed by atoms with van der Waals surface area (Å²) in [6.07, 6.45) is 1.60. The molecule has 3 aromatic rings. The number of anilines is 1. The molecular formula is C17H17FN4O2S. The Morgan fingerprint density at radius 2 is 2.16 bits per heavy atom. The van der Waals surface area contributed by atoms with Gasteiger partial charge in [0.15, 0.2) is 11.0 Å². The molecule has 1 N–H and O–H groups in total. The molecule has 0 bridgehead atoms. The molecule has 0 saturated heterocycles. The monoisotopic (exact) mass is 360 g/mol. The van der Waals surface area contributed by atoms with E-state index in [1.165, 1.54) is 23.9 Å². The van der Waals surface area contributed by atoms with Crippen LogP contribution in [0.3, 0.4) is 0 Å². The molecule has 1 amide bonds. The number of nitrogens with zero attached hydrogens (tertiary/aromatic N) is 3. The SMILES string of the molecule is Cc1occc1-c1nnc(S[C@@H](C)C(=O)Nc2cccc(F)c2)n1C. The van der Waals surface area contributed by atoms with Crippen molar-refractivity contribution in [3.8, 4) is 11.4 Å². The largest absolute Gasteiger partial charge is 0.469 e. The van der Waals surface area contributed by atoms with Crippen molar-refractivity contribution >= 4 is 23.4 Å². The third kappa shape index (κ3) is 3.74. The Balaban J connectivity index is 1.71. The van der Waals surface area contributed by atoms with Gasteiger partial charge in [-0.25, -0.2) is 4.39 Å². The summed E-state index contributed by atoms with van der Waals surface area (Å²) in [5.41, 5.74) is 1.28. The van der Waals surface area contributed by atoms with Crippen molar-refractivity contribution < 1.29 is 13.6 Å². The van der Waals surface area contributed by atoms with Crippen LogP contribution in [0.25, 0.3) is 11.4 Å². The fourth-order valence-electron chi connectivity index (χ4n) is 2.29. The van der Waals surface area contributed by atoms with Crippen molar-refractivity contribution in [2.75, 3.05) is 5.32 Å². The average molecular weight is 360 g/mol. The zero-order chi connectivity index (χ0) is 18.0. The maximum atomic E-state index is 13.2. The van der Waals surface area contributed by atoms with E-state index in [1.54, 1.807) is 25.3 Å². The Kier molecular flexibility index (Phi) is 4.89. The molecule has 0 aliphatic rings. The van der Waals surface area contributed by atoms with Gasteiger partial charge in [0.05, 0.1) is 17.1 Å². The molecule has 130 valence electrons. The Labute approximate surface area is 148 Å². The third-order valence-corrected chi connectivity index (χ3v) is 4.81. The van der Waals surface area contributed by atoms with E-state index >= 15 is 0 Å². The standard InChI is InChI=1S/C17H17FN4O2S/c1-10-14(7-8-24-10)15-20-21-17(22(15)3)25-11(2)16(23)19-13-6-4-5-12(18)9-13/h4-9,11H,1-3H3,(H,19,23)/t11-/m0/s1. The molecule has 0 aliphatic carbocycles. The van der Waals surface area contributed by atoms with Crippen LogP contribution in [0, 0.1) is 12.7 Å². The lowest BCUT2D eigenvalue weighted by Crippen LogP contribution is -2.22. The number of carbonyl (C=O) groups is 1. The zero-order valence-corrected chi connectivity index (χ0v) is 14.8. The summed E-state index contributed by atoms with van der Waals surface area (Å²) in [5, 5.41) is 11.2. The fraction of sp³-hybridized carbons (Fsp3) is 0.235. The number of furan rings is 1. The number of hydrogen-bond donors (Lipinski definition) is 1. The van der Waals surface area contributed by atoms with Gasteiger partial charge in [0.1, 0.15) is 11.6 Å². The first-order chi connectivity index (χ1) is 12.0. The normalized spacial score (nSPS) is 12.2. The highest BCUT2D eigenvalue weighted by Crippen LogP contribution is 2.28. The number of hydrogen-bond acceptors (Lipinski definition) is 5. The first-order valence-electron chi connectivity index (χ1n) is 7.62. The van der Waals surface area contributed by atoms with Crippen LogP contribution in [0.5, 0.6) is 0 Å². The van der Waals surface area contributed by atoms with E-state index in [9.17, 15) is 9.18 Å². The van der Waals surface area contributed by atoms with E-state index < -0.39 is 11.1 Å². The van der Waals surface area contributed by atoms with Crippen LogP contribution in [-0.2, 0) is 11.8 Å². The Morgan fingerprint density at radius 3 is 2.84 bits per heavy atom. The molecule has 2 aromatic heterocycles. The molecule has 0 aliphatic heterocycles. The second kappa shape index (κ2) is 7.10. The molecule has 0 saturated carbocycles. The van der Waals surface area contributed by atoms with Crippen molar-refractivity contribution in [1.82, 2.24) is 14.8 Å². The minimum absolute atomic E-state index is 0.236. The average Bonchev–Trinajstić information content (AvgIpc) is 3.13. The molecule has 1 aromatic carbocycles. The number of nitrogens with one attached hydrogen (secondary N) is 1. The van der Waals surface area contributed by atoms with Crippen LogP contribution < -0.4 is 5.32 Å². The number of aryl methyl sites for hydroxylation is 1. The molecule has 8 heteroatoms. The van der Waals surface area contributed by atoms with E-state index in [0.717, 1.165) is 11.3 Å². The number of halogens is 1. The van der Waals surface area contributed by atoms with Gasteiger partial charge in [-0.15, -0.1) is 10.2 Å². The Bertz CT molecular complexity index is 906. The van der Waals surface area contributed by atoms with Crippen LogP contribution >= 0.6 is 11.8 Å². The summed E-state index contributed by atoms with van der Waals surface area (Å²) in [4.78, 5) is 12.3. The van der Waals surface area contributed by atoms with Crippen LogP contribution in [0.4, 0.5) is 10.1 Å². The van der Waals surface area contributed by atoms with Crippen LogP contribution in [-0.4, -0.2) is 25.9 Å². The van der Waals surface area contributed by atoms with Gasteiger partial charge in [0, 0.05) is 12.7 Å². The van der Waals surface area contributed by atoms with Crippen LogP contribution in [0.2, 0.25) is 0 Å². The minimum atomic E-state index is -0.426. The van der Waals surface area contributed by atoms with Gasteiger partial charge >= 0.3 is 0 Å². The molecular weight excluding hydrogens is 343 g/mol.